The van der Waals surface area contributed by atoms with Crippen molar-refractivity contribution < 1.29 is 18.6 Å². The number of hydrogen-bond acceptors (Lipinski definition) is 3. The van der Waals surface area contributed by atoms with Gasteiger partial charge in [-0.05, 0) is 12.5 Å². The minimum absolute atomic E-state index is 0.0634. The molecule has 0 aliphatic rings. The first-order chi connectivity index (χ1) is 7.15. The van der Waals surface area contributed by atoms with Gasteiger partial charge in [-0.2, -0.15) is 8.78 Å². The van der Waals surface area contributed by atoms with Crippen LogP contribution < -0.4 is 10.5 Å². The number of nitrogens with two attached hydrogens (primary N) is 1. The summed E-state index contributed by atoms with van der Waals surface area (Å²) >= 11 is 0. The molecule has 0 fully saturated rings. The van der Waals surface area contributed by atoms with E-state index in [2.05, 4.69) is 4.74 Å². The van der Waals surface area contributed by atoms with Crippen LogP contribution in [-0.2, 0) is 0 Å². The Bertz CT molecular complexity index is 307. The summed E-state index contributed by atoms with van der Waals surface area (Å²) in [6, 6.07) is 5.82. The first-order valence-electron chi connectivity index (χ1n) is 4.55. The van der Waals surface area contributed by atoms with E-state index in [1.54, 1.807) is 18.2 Å². The summed E-state index contributed by atoms with van der Waals surface area (Å²) in [5.74, 6) is 0.0634. The molecule has 0 amide bonds. The van der Waals surface area contributed by atoms with E-state index in [1.807, 2.05) is 0 Å². The summed E-state index contributed by atoms with van der Waals surface area (Å²) in [5.41, 5.74) is 6.18. The van der Waals surface area contributed by atoms with E-state index in [1.165, 1.54) is 6.07 Å². The zero-order chi connectivity index (χ0) is 11.3. The van der Waals surface area contributed by atoms with Crippen molar-refractivity contribution in [3.8, 4) is 5.75 Å². The summed E-state index contributed by atoms with van der Waals surface area (Å²) in [6.07, 6.45) is 0.309. The molecule has 0 aliphatic carbocycles. The van der Waals surface area contributed by atoms with Crippen LogP contribution in [0.1, 0.15) is 18.0 Å². The maximum atomic E-state index is 12.0. The summed E-state index contributed by atoms with van der Waals surface area (Å²) in [7, 11) is 0. The molecule has 0 bridgehead atoms. The summed E-state index contributed by atoms with van der Waals surface area (Å²) in [6.45, 7) is -2.96. The second-order valence-electron chi connectivity index (χ2n) is 3.04. The Hall–Kier alpha value is -1.20. The van der Waals surface area contributed by atoms with Crippen molar-refractivity contribution in [3.63, 3.8) is 0 Å². The summed E-state index contributed by atoms with van der Waals surface area (Å²) in [4.78, 5) is 0. The lowest BCUT2D eigenvalue weighted by atomic mass is 10.0. The van der Waals surface area contributed by atoms with Gasteiger partial charge in [0.2, 0.25) is 0 Å². The van der Waals surface area contributed by atoms with Crippen LogP contribution in [0.25, 0.3) is 0 Å². The van der Waals surface area contributed by atoms with Crippen LogP contribution in [0.5, 0.6) is 5.75 Å². The fourth-order valence-electron chi connectivity index (χ4n) is 1.28. The van der Waals surface area contributed by atoms with Gasteiger partial charge in [-0.3, -0.25) is 0 Å². The maximum Gasteiger partial charge on any atom is 0.387 e. The number of alkyl halides is 2. The van der Waals surface area contributed by atoms with Gasteiger partial charge in [0, 0.05) is 18.2 Å². The third-order valence-corrected chi connectivity index (χ3v) is 1.97. The van der Waals surface area contributed by atoms with Gasteiger partial charge in [0.15, 0.2) is 0 Å². The van der Waals surface area contributed by atoms with Crippen LogP contribution in [0.15, 0.2) is 24.3 Å². The first kappa shape index (κ1) is 11.9. The third-order valence-electron chi connectivity index (χ3n) is 1.97. The number of halogens is 2. The molecule has 0 saturated carbocycles. The number of ether oxygens (including phenoxy) is 1. The minimum Gasteiger partial charge on any atom is -0.434 e. The smallest absolute Gasteiger partial charge is 0.387 e. The van der Waals surface area contributed by atoms with Gasteiger partial charge in [-0.1, -0.05) is 18.2 Å². The predicted molar refractivity (Wildman–Crippen MR) is 51.7 cm³/mol. The quantitative estimate of drug-likeness (QED) is 0.788. The monoisotopic (exact) mass is 217 g/mol. The number of para-hydroxylation sites is 1. The van der Waals surface area contributed by atoms with E-state index >= 15 is 0 Å². The van der Waals surface area contributed by atoms with Crippen LogP contribution in [0.2, 0.25) is 0 Å². The first-order valence-corrected chi connectivity index (χ1v) is 4.55. The highest BCUT2D eigenvalue weighted by Gasteiger charge is 2.13. The average Bonchev–Trinajstić information content (AvgIpc) is 2.18. The highest BCUT2D eigenvalue weighted by Crippen LogP contribution is 2.26. The van der Waals surface area contributed by atoms with Crippen molar-refractivity contribution in [2.75, 3.05) is 6.61 Å². The molecular weight excluding hydrogens is 204 g/mol. The topological polar surface area (TPSA) is 55.5 Å². The molecule has 1 atom stereocenters. The van der Waals surface area contributed by atoms with Crippen molar-refractivity contribution in [1.82, 2.24) is 0 Å². The highest BCUT2D eigenvalue weighted by molar-refractivity contribution is 5.35. The van der Waals surface area contributed by atoms with Crippen LogP contribution >= 0.6 is 0 Å². The van der Waals surface area contributed by atoms with Gasteiger partial charge in [0.05, 0.1) is 0 Å². The van der Waals surface area contributed by atoms with Crippen LogP contribution in [0, 0.1) is 0 Å². The fourth-order valence-corrected chi connectivity index (χ4v) is 1.28. The zero-order valence-electron chi connectivity index (χ0n) is 8.07. The van der Waals surface area contributed by atoms with Gasteiger partial charge in [-0.25, -0.2) is 0 Å². The van der Waals surface area contributed by atoms with Crippen molar-refractivity contribution >= 4 is 0 Å². The second-order valence-corrected chi connectivity index (χ2v) is 3.04. The van der Waals surface area contributed by atoms with Crippen LogP contribution in [0.4, 0.5) is 8.78 Å². The molecule has 0 saturated heterocycles. The van der Waals surface area contributed by atoms with E-state index in [9.17, 15) is 8.78 Å². The number of rotatable bonds is 5. The van der Waals surface area contributed by atoms with E-state index < -0.39 is 12.7 Å². The molecule has 0 aromatic heterocycles. The van der Waals surface area contributed by atoms with Gasteiger partial charge in [0.1, 0.15) is 5.75 Å². The molecule has 0 radical (unpaired) electrons. The molecule has 0 aliphatic heterocycles. The molecule has 1 rings (SSSR count). The van der Waals surface area contributed by atoms with Crippen molar-refractivity contribution in [2.45, 2.75) is 19.1 Å². The van der Waals surface area contributed by atoms with E-state index in [4.69, 9.17) is 10.8 Å². The van der Waals surface area contributed by atoms with Gasteiger partial charge in [0.25, 0.3) is 0 Å². The highest BCUT2D eigenvalue weighted by atomic mass is 19.3. The molecule has 15 heavy (non-hydrogen) atoms. The van der Waals surface area contributed by atoms with Gasteiger partial charge >= 0.3 is 6.61 Å². The van der Waals surface area contributed by atoms with Gasteiger partial charge in [-0.15, -0.1) is 0 Å². The molecule has 0 spiro atoms. The lowest BCUT2D eigenvalue weighted by Gasteiger charge is -2.15. The van der Waals surface area contributed by atoms with Crippen molar-refractivity contribution in [2.24, 2.45) is 5.73 Å². The van der Waals surface area contributed by atoms with E-state index in [-0.39, 0.29) is 12.4 Å². The molecule has 3 N–H and O–H groups in total. The number of benzene rings is 1. The minimum atomic E-state index is -2.87. The Balaban J connectivity index is 2.85. The third kappa shape index (κ3) is 3.45. The predicted octanol–water partition coefficient (Wildman–Crippen LogP) is 1.67. The number of hydrogen-bond donors (Lipinski definition) is 2. The maximum absolute atomic E-state index is 12.0. The fraction of sp³-hybridized carbons (Fsp3) is 0.400. The Labute approximate surface area is 86.5 Å². The molecule has 1 aromatic rings. The molecule has 84 valence electrons. The Morgan fingerprint density at radius 2 is 2.00 bits per heavy atom. The lowest BCUT2D eigenvalue weighted by molar-refractivity contribution is -0.0506. The van der Waals surface area contributed by atoms with Crippen LogP contribution in [0.3, 0.4) is 0 Å². The van der Waals surface area contributed by atoms with Crippen LogP contribution in [-0.4, -0.2) is 18.3 Å². The number of aliphatic hydroxyl groups is 1. The Kier molecular flexibility index (Phi) is 4.45. The largest absolute Gasteiger partial charge is 0.434 e. The van der Waals surface area contributed by atoms with E-state index in [0.717, 1.165) is 0 Å². The van der Waals surface area contributed by atoms with Crippen molar-refractivity contribution in [1.29, 1.82) is 0 Å². The lowest BCUT2D eigenvalue weighted by Crippen LogP contribution is -2.14. The molecule has 0 heterocycles. The molecule has 1 unspecified atom stereocenters. The second kappa shape index (κ2) is 5.63. The standard InChI is InChI=1S/C10H13F2NO2/c11-10(12)15-9-4-2-1-3-7(9)8(13)5-6-14/h1-4,8,10,14H,5-6,13H2. The average molecular weight is 217 g/mol. The Morgan fingerprint density at radius 3 is 2.60 bits per heavy atom. The SMILES string of the molecule is NC(CCO)c1ccccc1OC(F)F. The molecular formula is C10H13F2NO2. The summed E-state index contributed by atoms with van der Waals surface area (Å²) in [5, 5.41) is 8.70. The molecule has 1 aromatic carbocycles. The molecule has 3 nitrogen and oxygen atoms in total. The number of aliphatic hydroxyl groups excluding tert-OH is 1. The molecule has 5 heteroatoms. The van der Waals surface area contributed by atoms with Crippen molar-refractivity contribution in [3.05, 3.63) is 29.8 Å². The summed E-state index contributed by atoms with van der Waals surface area (Å²) < 4.78 is 28.4. The zero-order valence-corrected chi connectivity index (χ0v) is 8.07. The normalized spacial score (nSPS) is 12.9. The van der Waals surface area contributed by atoms with E-state index in [0.29, 0.717) is 12.0 Å². The Morgan fingerprint density at radius 1 is 1.33 bits per heavy atom. The van der Waals surface area contributed by atoms with Gasteiger partial charge < -0.3 is 15.6 Å².